The van der Waals surface area contributed by atoms with Gasteiger partial charge in [0, 0.05) is 10.6 Å². The molecule has 158 valence electrons. The Bertz CT molecular complexity index is 1440. The van der Waals surface area contributed by atoms with E-state index in [2.05, 4.69) is 5.16 Å². The molecule has 0 aliphatic heterocycles. The summed E-state index contributed by atoms with van der Waals surface area (Å²) in [5, 5.41) is 3.45. The average Bonchev–Trinajstić information content (AvgIpc) is 3.22. The summed E-state index contributed by atoms with van der Waals surface area (Å²) >= 11 is 5.86. The van der Waals surface area contributed by atoms with Crippen molar-refractivity contribution in [3.63, 3.8) is 0 Å². The quantitative estimate of drug-likeness (QED) is 0.406. The van der Waals surface area contributed by atoms with Gasteiger partial charge in [0.2, 0.25) is 19.7 Å². The van der Waals surface area contributed by atoms with Crippen molar-refractivity contribution in [3.8, 4) is 11.3 Å². The Kier molecular flexibility index (Phi) is 5.47. The lowest BCUT2D eigenvalue weighted by atomic mass is 10.2. The molecule has 0 radical (unpaired) electrons. The lowest BCUT2D eigenvalue weighted by molar-refractivity contribution is 0.333. The zero-order chi connectivity index (χ0) is 22.2. The van der Waals surface area contributed by atoms with Crippen molar-refractivity contribution >= 4 is 31.3 Å². The molecule has 0 saturated carbocycles. The summed E-state index contributed by atoms with van der Waals surface area (Å²) in [6, 6.07) is 19.9. The van der Waals surface area contributed by atoms with E-state index in [1.54, 1.807) is 42.5 Å². The molecule has 4 aromatic rings. The SMILES string of the molecule is Cc1ccc(S(=O)(=O)c2c(-c3ccccc3)noc2S(=O)(=O)c2ccc(Cl)cc2)cc1. The van der Waals surface area contributed by atoms with E-state index in [1.807, 2.05) is 6.92 Å². The molecule has 0 unspecified atom stereocenters. The Hall–Kier alpha value is -2.94. The van der Waals surface area contributed by atoms with Crippen molar-refractivity contribution in [3.05, 3.63) is 89.4 Å². The van der Waals surface area contributed by atoms with Crippen LogP contribution in [0.5, 0.6) is 0 Å². The first-order chi connectivity index (χ1) is 14.7. The second-order valence-electron chi connectivity index (χ2n) is 6.79. The van der Waals surface area contributed by atoms with Crippen LogP contribution >= 0.6 is 11.6 Å². The highest BCUT2D eigenvalue weighted by atomic mass is 35.5. The second-order valence-corrected chi connectivity index (χ2v) is 11.0. The zero-order valence-corrected chi connectivity index (χ0v) is 18.6. The molecule has 0 amide bonds. The first kappa shape index (κ1) is 21.3. The summed E-state index contributed by atoms with van der Waals surface area (Å²) in [5.74, 6) is 0. The van der Waals surface area contributed by atoms with Crippen LogP contribution in [0, 0.1) is 6.92 Å². The Morgan fingerprint density at radius 3 is 1.90 bits per heavy atom. The van der Waals surface area contributed by atoms with Crippen molar-refractivity contribution < 1.29 is 21.4 Å². The molecule has 3 aromatic carbocycles. The van der Waals surface area contributed by atoms with Gasteiger partial charge in [0.05, 0.1) is 9.79 Å². The minimum Gasteiger partial charge on any atom is -0.342 e. The predicted molar refractivity (Wildman–Crippen MR) is 115 cm³/mol. The van der Waals surface area contributed by atoms with E-state index in [1.165, 1.54) is 36.4 Å². The Balaban J connectivity index is 2.01. The fourth-order valence-electron chi connectivity index (χ4n) is 3.01. The Morgan fingerprint density at radius 2 is 1.29 bits per heavy atom. The molecule has 0 N–H and O–H groups in total. The van der Waals surface area contributed by atoms with Gasteiger partial charge in [-0.2, -0.15) is 0 Å². The number of nitrogens with zero attached hydrogens (tertiary/aromatic N) is 1. The summed E-state index contributed by atoms with van der Waals surface area (Å²) in [7, 11) is -8.62. The van der Waals surface area contributed by atoms with Crippen LogP contribution in [-0.4, -0.2) is 22.0 Å². The topological polar surface area (TPSA) is 94.3 Å². The summed E-state index contributed by atoms with van der Waals surface area (Å²) in [6.07, 6.45) is 0. The molecule has 0 fully saturated rings. The van der Waals surface area contributed by atoms with E-state index in [0.717, 1.165) is 5.56 Å². The molecule has 0 aliphatic carbocycles. The van der Waals surface area contributed by atoms with Crippen LogP contribution in [0.3, 0.4) is 0 Å². The number of aromatic nitrogens is 1. The van der Waals surface area contributed by atoms with E-state index in [9.17, 15) is 16.8 Å². The summed E-state index contributed by atoms with van der Waals surface area (Å²) in [5.41, 5.74) is 1.20. The van der Waals surface area contributed by atoms with E-state index in [4.69, 9.17) is 16.1 Å². The molecule has 0 saturated heterocycles. The highest BCUT2D eigenvalue weighted by molar-refractivity contribution is 7.94. The van der Waals surface area contributed by atoms with Crippen LogP contribution in [-0.2, 0) is 19.7 Å². The minimum absolute atomic E-state index is 0.0639. The van der Waals surface area contributed by atoms with Crippen molar-refractivity contribution in [1.82, 2.24) is 5.16 Å². The van der Waals surface area contributed by atoms with Gasteiger partial charge in [-0.1, -0.05) is 64.8 Å². The summed E-state index contributed by atoms with van der Waals surface area (Å²) in [6.45, 7) is 1.82. The van der Waals surface area contributed by atoms with Gasteiger partial charge in [-0.05, 0) is 43.3 Å². The van der Waals surface area contributed by atoms with Crippen molar-refractivity contribution in [2.45, 2.75) is 26.7 Å². The lowest BCUT2D eigenvalue weighted by Gasteiger charge is -2.08. The Morgan fingerprint density at radius 1 is 0.742 bits per heavy atom. The standard InChI is InChI=1S/C22H16ClNO5S2/c1-15-7-11-18(12-8-15)30(25,26)21-20(16-5-3-2-4-6-16)24-29-22(21)31(27,28)19-13-9-17(23)10-14-19/h2-14H,1H3. The van der Waals surface area contributed by atoms with E-state index >= 15 is 0 Å². The van der Waals surface area contributed by atoms with Crippen LogP contribution in [0.15, 0.2) is 103 Å². The number of aryl methyl sites for hydroxylation is 1. The maximum absolute atomic E-state index is 13.6. The van der Waals surface area contributed by atoms with Crippen LogP contribution in [0.25, 0.3) is 11.3 Å². The first-order valence-corrected chi connectivity index (χ1v) is 12.4. The van der Waals surface area contributed by atoms with Crippen LogP contribution in [0.4, 0.5) is 0 Å². The van der Waals surface area contributed by atoms with Crippen molar-refractivity contribution in [2.24, 2.45) is 0 Å². The average molecular weight is 474 g/mol. The molecule has 9 heteroatoms. The molecule has 0 aliphatic rings. The van der Waals surface area contributed by atoms with Crippen LogP contribution in [0.1, 0.15) is 5.56 Å². The van der Waals surface area contributed by atoms with Gasteiger partial charge >= 0.3 is 0 Å². The van der Waals surface area contributed by atoms with Gasteiger partial charge in [-0.15, -0.1) is 0 Å². The van der Waals surface area contributed by atoms with Crippen LogP contribution in [0.2, 0.25) is 5.02 Å². The number of benzene rings is 3. The molecular formula is C22H16ClNO5S2. The van der Waals surface area contributed by atoms with Gasteiger partial charge in [0.25, 0.3) is 5.09 Å². The summed E-state index contributed by atoms with van der Waals surface area (Å²) < 4.78 is 58.9. The molecule has 1 aromatic heterocycles. The molecule has 6 nitrogen and oxygen atoms in total. The molecule has 1 heterocycles. The third-order valence-corrected chi connectivity index (χ3v) is 8.49. The minimum atomic E-state index is -4.34. The summed E-state index contributed by atoms with van der Waals surface area (Å²) in [4.78, 5) is -0.725. The fraction of sp³-hybridized carbons (Fsp3) is 0.0455. The molecule has 0 spiro atoms. The third-order valence-electron chi connectivity index (χ3n) is 4.64. The zero-order valence-electron chi connectivity index (χ0n) is 16.2. The highest BCUT2D eigenvalue weighted by Gasteiger charge is 2.38. The number of rotatable bonds is 5. The maximum Gasteiger partial charge on any atom is 0.274 e. The van der Waals surface area contributed by atoms with Crippen molar-refractivity contribution in [1.29, 1.82) is 0 Å². The van der Waals surface area contributed by atoms with Gasteiger partial charge in [-0.3, -0.25) is 0 Å². The smallest absolute Gasteiger partial charge is 0.274 e. The molecule has 4 rings (SSSR count). The molecular weight excluding hydrogens is 458 g/mol. The second kappa shape index (κ2) is 7.96. The first-order valence-electron chi connectivity index (χ1n) is 9.09. The number of sulfone groups is 2. The Labute approximate surface area is 184 Å². The lowest BCUT2D eigenvalue weighted by Crippen LogP contribution is -2.10. The van der Waals surface area contributed by atoms with E-state index < -0.39 is 29.7 Å². The number of hydrogen-bond donors (Lipinski definition) is 0. The largest absolute Gasteiger partial charge is 0.342 e. The monoisotopic (exact) mass is 473 g/mol. The van der Waals surface area contributed by atoms with Gasteiger partial charge in [0.1, 0.15) is 5.69 Å². The van der Waals surface area contributed by atoms with Gasteiger partial charge in [-0.25, -0.2) is 16.8 Å². The van der Waals surface area contributed by atoms with Gasteiger partial charge < -0.3 is 4.52 Å². The van der Waals surface area contributed by atoms with E-state index in [-0.39, 0.29) is 15.5 Å². The molecule has 31 heavy (non-hydrogen) atoms. The molecule has 0 atom stereocenters. The van der Waals surface area contributed by atoms with Gasteiger partial charge in [0.15, 0.2) is 4.90 Å². The number of halogens is 1. The molecule has 0 bridgehead atoms. The fourth-order valence-corrected chi connectivity index (χ4v) is 6.38. The van der Waals surface area contributed by atoms with E-state index in [0.29, 0.717) is 10.6 Å². The number of hydrogen-bond acceptors (Lipinski definition) is 6. The maximum atomic E-state index is 13.6. The third kappa shape index (κ3) is 3.89. The van der Waals surface area contributed by atoms with Crippen molar-refractivity contribution in [2.75, 3.05) is 0 Å². The normalized spacial score (nSPS) is 12.1. The highest BCUT2D eigenvalue weighted by Crippen LogP contribution is 2.38. The van der Waals surface area contributed by atoms with Crippen LogP contribution < -0.4 is 0 Å². The predicted octanol–water partition coefficient (Wildman–Crippen LogP) is 4.97.